The van der Waals surface area contributed by atoms with E-state index >= 15 is 0 Å². The van der Waals surface area contributed by atoms with Crippen LogP contribution in [0, 0.1) is 0 Å². The Labute approximate surface area is 100 Å². The van der Waals surface area contributed by atoms with Gasteiger partial charge in [-0.2, -0.15) is 0 Å². The van der Waals surface area contributed by atoms with Crippen molar-refractivity contribution in [1.29, 1.82) is 0 Å². The fraction of sp³-hybridized carbons (Fsp3) is 1.00. The first-order valence-corrected chi connectivity index (χ1v) is 6.32. The zero-order valence-electron chi connectivity index (χ0n) is 9.82. The molecule has 2 aliphatic rings. The zero-order chi connectivity index (χ0) is 10.7. The number of ether oxygens (including phenoxy) is 1. The average molecular weight is 228 g/mol. The van der Waals surface area contributed by atoms with E-state index < -0.39 is 0 Å². The smallest absolute Gasteiger partial charge is 0.0572 e. The predicted octanol–water partition coefficient (Wildman–Crippen LogP) is 2.00. The van der Waals surface area contributed by atoms with Gasteiger partial charge in [0.1, 0.15) is 0 Å². The minimum Gasteiger partial charge on any atom is -0.381 e. The van der Waals surface area contributed by atoms with E-state index in [2.05, 4.69) is 4.90 Å². The second kappa shape index (κ2) is 6.58. The predicted molar refractivity (Wildman–Crippen MR) is 68.6 cm³/mol. The van der Waals surface area contributed by atoms with Crippen molar-refractivity contribution < 1.29 is 4.74 Å². The summed E-state index contributed by atoms with van der Waals surface area (Å²) in [4.78, 5) is 2.65. The van der Waals surface area contributed by atoms with E-state index in [0.29, 0.717) is 12.1 Å². The molecule has 1 saturated carbocycles. The lowest BCUT2D eigenvalue weighted by Gasteiger charge is -2.39. The Kier molecular flexibility index (Phi) is 5.73. The van der Waals surface area contributed by atoms with E-state index in [1.165, 1.54) is 51.6 Å². The third-order valence-electron chi connectivity index (χ3n) is 4.07. The van der Waals surface area contributed by atoms with Crippen LogP contribution in [0.4, 0.5) is 0 Å². The molecule has 3 heteroatoms. The van der Waals surface area contributed by atoms with Gasteiger partial charge in [-0.1, -0.05) is 7.43 Å². The molecule has 96 valence electrons. The minimum absolute atomic E-state index is 0. The normalized spacial score (nSPS) is 33.4. The number of nitrogens with zero attached hydrogens (tertiary/aromatic N) is 1. The summed E-state index contributed by atoms with van der Waals surface area (Å²) in [5.41, 5.74) is 5.92. The SMILES string of the molecule is C.COC1CCC(N2CCC(N)CC2)CC1. The second-order valence-electron chi connectivity index (χ2n) is 5.04. The van der Waals surface area contributed by atoms with Crippen LogP contribution in [0.1, 0.15) is 46.0 Å². The van der Waals surface area contributed by atoms with Crippen molar-refractivity contribution in [2.45, 2.75) is 64.1 Å². The highest BCUT2D eigenvalue weighted by Gasteiger charge is 2.27. The van der Waals surface area contributed by atoms with Crippen LogP contribution >= 0.6 is 0 Å². The first kappa shape index (κ1) is 13.9. The molecule has 0 aromatic carbocycles. The van der Waals surface area contributed by atoms with Gasteiger partial charge < -0.3 is 15.4 Å². The number of rotatable bonds is 2. The van der Waals surface area contributed by atoms with Gasteiger partial charge in [0, 0.05) is 19.2 Å². The first-order valence-electron chi connectivity index (χ1n) is 6.32. The fourth-order valence-electron chi connectivity index (χ4n) is 2.93. The highest BCUT2D eigenvalue weighted by molar-refractivity contribution is 4.84. The standard InChI is InChI=1S/C12H24N2O.CH4/c1-15-12-4-2-11(3-5-12)14-8-6-10(13)7-9-14;/h10-12H,2-9,13H2,1H3;1H4. The Hall–Kier alpha value is -0.120. The van der Waals surface area contributed by atoms with Gasteiger partial charge in [0.2, 0.25) is 0 Å². The van der Waals surface area contributed by atoms with Crippen molar-refractivity contribution in [2.24, 2.45) is 5.73 Å². The van der Waals surface area contributed by atoms with Crippen molar-refractivity contribution in [3.63, 3.8) is 0 Å². The van der Waals surface area contributed by atoms with Gasteiger partial charge in [-0.25, -0.2) is 0 Å². The van der Waals surface area contributed by atoms with Gasteiger partial charge in [0.25, 0.3) is 0 Å². The summed E-state index contributed by atoms with van der Waals surface area (Å²) in [5.74, 6) is 0. The van der Waals surface area contributed by atoms with Crippen LogP contribution in [0.2, 0.25) is 0 Å². The molecule has 2 rings (SSSR count). The molecule has 0 bridgehead atoms. The molecule has 2 N–H and O–H groups in total. The topological polar surface area (TPSA) is 38.5 Å². The van der Waals surface area contributed by atoms with Crippen molar-refractivity contribution in [3.8, 4) is 0 Å². The molecule has 0 radical (unpaired) electrons. The molecule has 3 nitrogen and oxygen atoms in total. The first-order chi connectivity index (χ1) is 7.29. The van der Waals surface area contributed by atoms with E-state index in [4.69, 9.17) is 10.5 Å². The fourth-order valence-corrected chi connectivity index (χ4v) is 2.93. The van der Waals surface area contributed by atoms with Gasteiger partial charge >= 0.3 is 0 Å². The number of nitrogens with two attached hydrogens (primary N) is 1. The summed E-state index contributed by atoms with van der Waals surface area (Å²) in [6, 6.07) is 1.26. The van der Waals surface area contributed by atoms with E-state index in [-0.39, 0.29) is 7.43 Å². The Morgan fingerprint density at radius 3 is 2.06 bits per heavy atom. The van der Waals surface area contributed by atoms with Gasteiger partial charge in [-0.3, -0.25) is 0 Å². The van der Waals surface area contributed by atoms with E-state index in [1.54, 1.807) is 0 Å². The lowest BCUT2D eigenvalue weighted by atomic mass is 9.90. The second-order valence-corrected chi connectivity index (χ2v) is 5.04. The average Bonchev–Trinajstić information content (AvgIpc) is 2.30. The highest BCUT2D eigenvalue weighted by Crippen LogP contribution is 2.26. The molecule has 0 aromatic rings. The van der Waals surface area contributed by atoms with Gasteiger partial charge in [-0.05, 0) is 51.6 Å². The van der Waals surface area contributed by atoms with Crippen LogP contribution < -0.4 is 5.73 Å². The Balaban J connectivity index is 0.00000128. The van der Waals surface area contributed by atoms with E-state index in [0.717, 1.165) is 6.04 Å². The zero-order valence-corrected chi connectivity index (χ0v) is 9.82. The molecule has 16 heavy (non-hydrogen) atoms. The summed E-state index contributed by atoms with van der Waals surface area (Å²) >= 11 is 0. The van der Waals surface area contributed by atoms with Gasteiger partial charge in [-0.15, -0.1) is 0 Å². The minimum atomic E-state index is 0. The molecule has 0 unspecified atom stereocenters. The Morgan fingerprint density at radius 2 is 1.56 bits per heavy atom. The van der Waals surface area contributed by atoms with Crippen molar-refractivity contribution in [2.75, 3.05) is 20.2 Å². The summed E-state index contributed by atoms with van der Waals surface area (Å²) in [6.07, 6.45) is 8.00. The molecule has 2 fully saturated rings. The maximum atomic E-state index is 5.92. The van der Waals surface area contributed by atoms with Crippen LogP contribution in [-0.4, -0.2) is 43.3 Å². The molecular formula is C13H28N2O. The molecule has 0 atom stereocenters. The van der Waals surface area contributed by atoms with Crippen LogP contribution in [0.3, 0.4) is 0 Å². The lowest BCUT2D eigenvalue weighted by Crippen LogP contribution is -2.46. The summed E-state index contributed by atoms with van der Waals surface area (Å²) in [6.45, 7) is 2.42. The number of hydrogen-bond donors (Lipinski definition) is 1. The van der Waals surface area contributed by atoms with E-state index in [1.807, 2.05) is 7.11 Å². The maximum absolute atomic E-state index is 5.92. The molecular weight excluding hydrogens is 200 g/mol. The van der Waals surface area contributed by atoms with E-state index in [9.17, 15) is 0 Å². The van der Waals surface area contributed by atoms with Crippen LogP contribution in [0.5, 0.6) is 0 Å². The number of likely N-dealkylation sites (tertiary alicyclic amines) is 1. The number of piperidine rings is 1. The Bertz CT molecular complexity index is 182. The third kappa shape index (κ3) is 3.44. The van der Waals surface area contributed by atoms with Crippen molar-refractivity contribution in [1.82, 2.24) is 4.90 Å². The number of hydrogen-bond acceptors (Lipinski definition) is 3. The lowest BCUT2D eigenvalue weighted by molar-refractivity contribution is 0.0323. The highest BCUT2D eigenvalue weighted by atomic mass is 16.5. The monoisotopic (exact) mass is 228 g/mol. The van der Waals surface area contributed by atoms with Crippen LogP contribution in [-0.2, 0) is 4.74 Å². The Morgan fingerprint density at radius 1 is 1.00 bits per heavy atom. The number of methoxy groups -OCH3 is 1. The van der Waals surface area contributed by atoms with Gasteiger partial charge in [0.15, 0.2) is 0 Å². The van der Waals surface area contributed by atoms with Crippen LogP contribution in [0.25, 0.3) is 0 Å². The molecule has 0 amide bonds. The molecule has 1 heterocycles. The largest absolute Gasteiger partial charge is 0.381 e. The van der Waals surface area contributed by atoms with Crippen LogP contribution in [0.15, 0.2) is 0 Å². The third-order valence-corrected chi connectivity index (χ3v) is 4.07. The summed E-state index contributed by atoms with van der Waals surface area (Å²) in [7, 11) is 1.84. The summed E-state index contributed by atoms with van der Waals surface area (Å²) in [5, 5.41) is 0. The molecule has 0 aromatic heterocycles. The molecule has 1 aliphatic heterocycles. The summed E-state index contributed by atoms with van der Waals surface area (Å²) < 4.78 is 5.41. The maximum Gasteiger partial charge on any atom is 0.0572 e. The molecule has 1 aliphatic carbocycles. The quantitative estimate of drug-likeness (QED) is 0.785. The van der Waals surface area contributed by atoms with Gasteiger partial charge in [0.05, 0.1) is 6.10 Å². The van der Waals surface area contributed by atoms with Crippen molar-refractivity contribution in [3.05, 3.63) is 0 Å². The van der Waals surface area contributed by atoms with Crippen molar-refractivity contribution >= 4 is 0 Å². The molecule has 1 saturated heterocycles. The molecule has 0 spiro atoms.